The Morgan fingerprint density at radius 3 is 2.43 bits per heavy atom. The number of nitrogens with one attached hydrogen (secondary N) is 1. The van der Waals surface area contributed by atoms with E-state index in [4.69, 9.17) is 9.72 Å². The molecule has 0 saturated carbocycles. The van der Waals surface area contributed by atoms with Gasteiger partial charge in [-0.15, -0.1) is 0 Å². The first-order valence-electron chi connectivity index (χ1n) is 10.1. The summed E-state index contributed by atoms with van der Waals surface area (Å²) in [5, 5.41) is 0. The van der Waals surface area contributed by atoms with Crippen LogP contribution in [0.25, 0.3) is 22.5 Å². The lowest BCUT2D eigenvalue weighted by Crippen LogP contribution is -2.29. The standard InChI is InChI=1S/C21H24N4O.C2H6/c1-25-12-8-16(9-13-25)21-23-19(15-6-10-22-11-7-15)20(24-21)17-4-3-5-18(14-17)26-2;1-2/h3-7,10-11,14,16H,8-9,12-13H2,1-2H3,(H,23,24);1-2H3. The molecular formula is C23H30N4O. The maximum atomic E-state index is 5.40. The van der Waals surface area contributed by atoms with Gasteiger partial charge in [-0.2, -0.15) is 0 Å². The normalized spacial score (nSPS) is 15.0. The molecule has 1 N–H and O–H groups in total. The first-order valence-corrected chi connectivity index (χ1v) is 10.1. The van der Waals surface area contributed by atoms with Crippen LogP contribution in [-0.2, 0) is 0 Å². The zero-order valence-corrected chi connectivity index (χ0v) is 17.3. The molecule has 3 aromatic rings. The maximum Gasteiger partial charge on any atom is 0.119 e. The first kappa shape index (κ1) is 20.1. The minimum Gasteiger partial charge on any atom is -0.497 e. The van der Waals surface area contributed by atoms with Crippen molar-refractivity contribution in [1.82, 2.24) is 19.9 Å². The highest BCUT2D eigenvalue weighted by Crippen LogP contribution is 2.35. The highest BCUT2D eigenvalue weighted by molar-refractivity contribution is 5.78. The maximum absolute atomic E-state index is 5.40. The second kappa shape index (κ2) is 9.51. The van der Waals surface area contributed by atoms with Crippen molar-refractivity contribution in [3.63, 3.8) is 0 Å². The summed E-state index contributed by atoms with van der Waals surface area (Å²) >= 11 is 0. The molecule has 0 aliphatic carbocycles. The molecule has 0 atom stereocenters. The largest absolute Gasteiger partial charge is 0.497 e. The Bertz CT molecular complexity index is 867. The van der Waals surface area contributed by atoms with Gasteiger partial charge in [-0.05, 0) is 57.2 Å². The van der Waals surface area contributed by atoms with Crippen molar-refractivity contribution in [2.75, 3.05) is 27.2 Å². The van der Waals surface area contributed by atoms with Gasteiger partial charge in [0.2, 0.25) is 0 Å². The van der Waals surface area contributed by atoms with Gasteiger partial charge in [-0.3, -0.25) is 4.98 Å². The van der Waals surface area contributed by atoms with Gasteiger partial charge in [-0.25, -0.2) is 4.98 Å². The molecule has 1 aromatic carbocycles. The minimum absolute atomic E-state index is 0.478. The van der Waals surface area contributed by atoms with Crippen LogP contribution in [0.15, 0.2) is 48.8 Å². The summed E-state index contributed by atoms with van der Waals surface area (Å²) in [5.74, 6) is 2.40. The molecule has 1 fully saturated rings. The van der Waals surface area contributed by atoms with Crippen LogP contribution in [0.4, 0.5) is 0 Å². The van der Waals surface area contributed by atoms with Crippen molar-refractivity contribution in [1.29, 1.82) is 0 Å². The Morgan fingerprint density at radius 2 is 1.75 bits per heavy atom. The van der Waals surface area contributed by atoms with E-state index in [0.717, 1.165) is 60.0 Å². The molecule has 2 aromatic heterocycles. The predicted molar refractivity (Wildman–Crippen MR) is 115 cm³/mol. The van der Waals surface area contributed by atoms with Crippen LogP contribution in [0.1, 0.15) is 38.4 Å². The van der Waals surface area contributed by atoms with Gasteiger partial charge in [0, 0.05) is 29.4 Å². The van der Waals surface area contributed by atoms with Crippen LogP contribution < -0.4 is 4.74 Å². The number of methoxy groups -OCH3 is 1. The molecule has 1 aliphatic heterocycles. The fourth-order valence-corrected chi connectivity index (χ4v) is 3.57. The molecule has 1 saturated heterocycles. The number of ether oxygens (including phenoxy) is 1. The molecule has 148 valence electrons. The average molecular weight is 379 g/mol. The van der Waals surface area contributed by atoms with E-state index in [9.17, 15) is 0 Å². The first-order chi connectivity index (χ1) is 13.7. The number of benzene rings is 1. The number of piperidine rings is 1. The van der Waals surface area contributed by atoms with E-state index in [0.29, 0.717) is 5.92 Å². The molecule has 5 nitrogen and oxygen atoms in total. The summed E-state index contributed by atoms with van der Waals surface area (Å²) in [6, 6.07) is 12.1. The third kappa shape index (κ3) is 4.42. The fourth-order valence-electron chi connectivity index (χ4n) is 3.57. The fraction of sp³-hybridized carbons (Fsp3) is 0.391. The molecule has 4 rings (SSSR count). The molecule has 0 amide bonds. The van der Waals surface area contributed by atoms with Crippen LogP contribution in [-0.4, -0.2) is 47.1 Å². The Morgan fingerprint density at radius 1 is 1.04 bits per heavy atom. The minimum atomic E-state index is 0.478. The number of imidazole rings is 1. The van der Waals surface area contributed by atoms with E-state index in [1.807, 2.05) is 56.6 Å². The average Bonchev–Trinajstić information content (AvgIpc) is 3.22. The number of aromatic amines is 1. The number of likely N-dealkylation sites (tertiary alicyclic amines) is 1. The molecule has 0 radical (unpaired) electrons. The monoisotopic (exact) mass is 378 g/mol. The highest BCUT2D eigenvalue weighted by atomic mass is 16.5. The van der Waals surface area contributed by atoms with Gasteiger partial charge in [0.05, 0.1) is 18.5 Å². The lowest BCUT2D eigenvalue weighted by molar-refractivity contribution is 0.251. The SMILES string of the molecule is CC.COc1cccc(-c2nc(C3CCN(C)CC3)[nH]c2-c2ccncc2)c1. The molecule has 3 heterocycles. The molecular weight excluding hydrogens is 348 g/mol. The van der Waals surface area contributed by atoms with E-state index in [-0.39, 0.29) is 0 Å². The third-order valence-corrected chi connectivity index (χ3v) is 5.14. The number of H-pyrrole nitrogens is 1. The number of aromatic nitrogens is 3. The lowest BCUT2D eigenvalue weighted by atomic mass is 9.96. The molecule has 0 unspecified atom stereocenters. The van der Waals surface area contributed by atoms with E-state index < -0.39 is 0 Å². The van der Waals surface area contributed by atoms with E-state index in [1.165, 1.54) is 0 Å². The van der Waals surface area contributed by atoms with Crippen LogP contribution >= 0.6 is 0 Å². The zero-order valence-electron chi connectivity index (χ0n) is 17.3. The van der Waals surface area contributed by atoms with Crippen LogP contribution in [0, 0.1) is 0 Å². The van der Waals surface area contributed by atoms with Gasteiger partial charge in [-0.1, -0.05) is 26.0 Å². The van der Waals surface area contributed by atoms with Gasteiger partial charge < -0.3 is 14.6 Å². The van der Waals surface area contributed by atoms with Crippen molar-refractivity contribution >= 4 is 0 Å². The molecule has 1 aliphatic rings. The van der Waals surface area contributed by atoms with Crippen molar-refractivity contribution < 1.29 is 4.74 Å². The summed E-state index contributed by atoms with van der Waals surface area (Å²) in [6.07, 6.45) is 5.91. The molecule has 28 heavy (non-hydrogen) atoms. The predicted octanol–water partition coefficient (Wildman–Crippen LogP) is 4.98. The molecule has 5 heteroatoms. The quantitative estimate of drug-likeness (QED) is 0.695. The van der Waals surface area contributed by atoms with Gasteiger partial charge in [0.25, 0.3) is 0 Å². The lowest BCUT2D eigenvalue weighted by Gasteiger charge is -2.27. The van der Waals surface area contributed by atoms with Crippen LogP contribution in [0.5, 0.6) is 5.75 Å². The van der Waals surface area contributed by atoms with Gasteiger partial charge in [0.15, 0.2) is 0 Å². The highest BCUT2D eigenvalue weighted by Gasteiger charge is 2.24. The van der Waals surface area contributed by atoms with E-state index in [1.54, 1.807) is 7.11 Å². The van der Waals surface area contributed by atoms with E-state index in [2.05, 4.69) is 28.0 Å². The summed E-state index contributed by atoms with van der Waals surface area (Å²) in [7, 11) is 3.87. The third-order valence-electron chi connectivity index (χ3n) is 5.14. The van der Waals surface area contributed by atoms with Crippen molar-refractivity contribution in [3.8, 4) is 28.3 Å². The van der Waals surface area contributed by atoms with Crippen molar-refractivity contribution in [2.24, 2.45) is 0 Å². The Labute approximate surface area is 167 Å². The summed E-state index contributed by atoms with van der Waals surface area (Å²) in [6.45, 7) is 6.23. The number of hydrogen-bond donors (Lipinski definition) is 1. The van der Waals surface area contributed by atoms with Crippen LogP contribution in [0.2, 0.25) is 0 Å². The second-order valence-corrected chi connectivity index (χ2v) is 6.89. The Kier molecular flexibility index (Phi) is 6.82. The topological polar surface area (TPSA) is 54.0 Å². The van der Waals surface area contributed by atoms with Gasteiger partial charge >= 0.3 is 0 Å². The number of nitrogens with zero attached hydrogens (tertiary/aromatic N) is 3. The van der Waals surface area contributed by atoms with Gasteiger partial charge in [0.1, 0.15) is 11.6 Å². The number of pyridine rings is 1. The number of rotatable bonds is 4. The summed E-state index contributed by atoms with van der Waals surface area (Å²) in [5.41, 5.74) is 4.19. The van der Waals surface area contributed by atoms with Crippen molar-refractivity contribution in [3.05, 3.63) is 54.6 Å². The van der Waals surface area contributed by atoms with Crippen LogP contribution in [0.3, 0.4) is 0 Å². The molecule has 0 spiro atoms. The second-order valence-electron chi connectivity index (χ2n) is 6.89. The zero-order chi connectivity index (χ0) is 19.9. The molecule has 0 bridgehead atoms. The Balaban J connectivity index is 0.00000109. The summed E-state index contributed by atoms with van der Waals surface area (Å²) in [4.78, 5) is 15.2. The smallest absolute Gasteiger partial charge is 0.119 e. The van der Waals surface area contributed by atoms with E-state index >= 15 is 0 Å². The summed E-state index contributed by atoms with van der Waals surface area (Å²) < 4.78 is 5.40. The number of hydrogen-bond acceptors (Lipinski definition) is 4. The van der Waals surface area contributed by atoms with Crippen molar-refractivity contribution in [2.45, 2.75) is 32.6 Å². The Hall–Kier alpha value is -2.66.